The monoisotopic (exact) mass is 388 g/mol. The third-order valence-electron chi connectivity index (χ3n) is 4.32. The Morgan fingerprint density at radius 3 is 2.45 bits per heavy atom. The standard InChI is InChI=1S/C21H17FN6O/c22-14-8-10-15(11-9-14)26-19-18(23)20(25-12-24-19)27-28-21(29)17-7-3-5-13-4-1-2-6-16(13)17/h1-12H,23H2,(H,28,29)(H2,24,25,26,27). The predicted octanol–water partition coefficient (Wildman–Crippen LogP) is 3.85. The summed E-state index contributed by atoms with van der Waals surface area (Å²) in [4.78, 5) is 20.8. The van der Waals surface area contributed by atoms with Crippen LogP contribution in [0.15, 0.2) is 73.1 Å². The summed E-state index contributed by atoms with van der Waals surface area (Å²) < 4.78 is 13.1. The molecule has 0 unspecified atom stereocenters. The summed E-state index contributed by atoms with van der Waals surface area (Å²) in [5.74, 6) is -0.107. The zero-order valence-electron chi connectivity index (χ0n) is 15.2. The lowest BCUT2D eigenvalue weighted by Crippen LogP contribution is -2.30. The minimum absolute atomic E-state index is 0.204. The second-order valence-corrected chi connectivity index (χ2v) is 6.22. The van der Waals surface area contributed by atoms with E-state index in [-0.39, 0.29) is 23.2 Å². The number of amides is 1. The van der Waals surface area contributed by atoms with Crippen LogP contribution < -0.4 is 21.9 Å². The van der Waals surface area contributed by atoms with E-state index >= 15 is 0 Å². The summed E-state index contributed by atoms with van der Waals surface area (Å²) in [5, 5.41) is 4.79. The molecule has 1 amide bonds. The zero-order valence-corrected chi connectivity index (χ0v) is 15.2. The number of nitrogens with two attached hydrogens (primary N) is 1. The van der Waals surface area contributed by atoms with E-state index in [1.54, 1.807) is 18.2 Å². The Bertz CT molecular complexity index is 1170. The number of aromatic nitrogens is 2. The molecule has 1 heterocycles. The Morgan fingerprint density at radius 2 is 1.62 bits per heavy atom. The minimum atomic E-state index is -0.343. The lowest BCUT2D eigenvalue weighted by molar-refractivity contribution is 0.0964. The van der Waals surface area contributed by atoms with Gasteiger partial charge in [0.1, 0.15) is 17.8 Å². The summed E-state index contributed by atoms with van der Waals surface area (Å²) >= 11 is 0. The van der Waals surface area contributed by atoms with Crippen molar-refractivity contribution in [1.29, 1.82) is 0 Å². The van der Waals surface area contributed by atoms with Crippen molar-refractivity contribution >= 4 is 39.7 Å². The number of hydrogen-bond acceptors (Lipinski definition) is 6. The van der Waals surface area contributed by atoms with E-state index in [4.69, 9.17) is 5.73 Å². The van der Waals surface area contributed by atoms with Crippen molar-refractivity contribution in [2.45, 2.75) is 0 Å². The highest BCUT2D eigenvalue weighted by Gasteiger charge is 2.12. The third kappa shape index (κ3) is 3.91. The van der Waals surface area contributed by atoms with Crippen LogP contribution in [0.1, 0.15) is 10.4 Å². The van der Waals surface area contributed by atoms with Gasteiger partial charge in [-0.3, -0.25) is 15.6 Å². The molecule has 4 aromatic rings. The van der Waals surface area contributed by atoms with Gasteiger partial charge in [-0.1, -0.05) is 36.4 Å². The fourth-order valence-electron chi connectivity index (χ4n) is 2.87. The normalized spacial score (nSPS) is 10.5. The number of nitrogens with zero attached hydrogens (tertiary/aromatic N) is 2. The molecule has 29 heavy (non-hydrogen) atoms. The maximum absolute atomic E-state index is 13.1. The van der Waals surface area contributed by atoms with E-state index in [1.165, 1.54) is 18.5 Å². The van der Waals surface area contributed by atoms with Crippen molar-refractivity contribution in [2.24, 2.45) is 0 Å². The van der Waals surface area contributed by atoms with Crippen molar-refractivity contribution in [3.63, 3.8) is 0 Å². The Hall–Kier alpha value is -4.20. The highest BCUT2D eigenvalue weighted by molar-refractivity contribution is 6.07. The van der Waals surface area contributed by atoms with Gasteiger partial charge in [0.25, 0.3) is 5.91 Å². The maximum Gasteiger partial charge on any atom is 0.270 e. The number of halogens is 1. The molecule has 4 rings (SSSR count). The Morgan fingerprint density at radius 1 is 0.897 bits per heavy atom. The minimum Gasteiger partial charge on any atom is -0.393 e. The molecule has 0 atom stereocenters. The molecule has 0 saturated heterocycles. The Balaban J connectivity index is 1.51. The van der Waals surface area contributed by atoms with Gasteiger partial charge in [-0.05, 0) is 41.1 Å². The molecule has 144 valence electrons. The van der Waals surface area contributed by atoms with Crippen LogP contribution in [-0.2, 0) is 0 Å². The van der Waals surface area contributed by atoms with E-state index in [9.17, 15) is 9.18 Å². The SMILES string of the molecule is Nc1c(NNC(=O)c2cccc3ccccc23)ncnc1Nc1ccc(F)cc1. The molecule has 0 saturated carbocycles. The number of carbonyl (C=O) groups excluding carboxylic acids is 1. The number of nitrogens with one attached hydrogen (secondary N) is 3. The number of carbonyl (C=O) groups is 1. The second-order valence-electron chi connectivity index (χ2n) is 6.22. The molecule has 1 aromatic heterocycles. The van der Waals surface area contributed by atoms with Gasteiger partial charge in [-0.15, -0.1) is 0 Å². The lowest BCUT2D eigenvalue weighted by atomic mass is 10.0. The number of fused-ring (bicyclic) bond motifs is 1. The quantitative estimate of drug-likeness (QED) is 0.387. The molecule has 0 spiro atoms. The number of rotatable bonds is 5. The lowest BCUT2D eigenvalue weighted by Gasteiger charge is -2.13. The van der Waals surface area contributed by atoms with Crippen LogP contribution in [0.4, 0.5) is 27.4 Å². The van der Waals surface area contributed by atoms with Gasteiger partial charge in [-0.25, -0.2) is 14.4 Å². The maximum atomic E-state index is 13.1. The van der Waals surface area contributed by atoms with Gasteiger partial charge < -0.3 is 11.1 Å². The van der Waals surface area contributed by atoms with Gasteiger partial charge in [0, 0.05) is 11.3 Å². The van der Waals surface area contributed by atoms with Crippen LogP contribution >= 0.6 is 0 Å². The highest BCUT2D eigenvalue weighted by atomic mass is 19.1. The summed E-state index contributed by atoms with van der Waals surface area (Å²) in [6.07, 6.45) is 1.30. The van der Waals surface area contributed by atoms with Crippen LogP contribution in [0.5, 0.6) is 0 Å². The van der Waals surface area contributed by atoms with Crippen LogP contribution in [0.2, 0.25) is 0 Å². The molecule has 0 fully saturated rings. The molecule has 5 N–H and O–H groups in total. The number of benzene rings is 3. The number of anilines is 4. The summed E-state index contributed by atoms with van der Waals surface area (Å²) in [7, 11) is 0. The highest BCUT2D eigenvalue weighted by Crippen LogP contribution is 2.25. The fourth-order valence-corrected chi connectivity index (χ4v) is 2.87. The van der Waals surface area contributed by atoms with E-state index in [0.717, 1.165) is 10.8 Å². The van der Waals surface area contributed by atoms with E-state index in [1.807, 2.05) is 36.4 Å². The van der Waals surface area contributed by atoms with Crippen LogP contribution in [-0.4, -0.2) is 15.9 Å². The molecule has 3 aromatic carbocycles. The largest absolute Gasteiger partial charge is 0.393 e. The number of hydrazine groups is 1. The van der Waals surface area contributed by atoms with Crippen molar-refractivity contribution in [1.82, 2.24) is 15.4 Å². The Kier molecular flexibility index (Phi) is 4.90. The number of hydrogen-bond donors (Lipinski definition) is 4. The summed E-state index contributed by atoms with van der Waals surface area (Å²) in [6, 6.07) is 18.9. The Labute approximate surface area is 165 Å². The van der Waals surface area contributed by atoms with Gasteiger partial charge in [-0.2, -0.15) is 0 Å². The van der Waals surface area contributed by atoms with Gasteiger partial charge in [0.05, 0.1) is 0 Å². The molecule has 0 aliphatic carbocycles. The summed E-state index contributed by atoms with van der Waals surface area (Å²) in [6.45, 7) is 0. The molecule has 7 nitrogen and oxygen atoms in total. The first kappa shape index (κ1) is 18.2. The molecular weight excluding hydrogens is 371 g/mol. The average Bonchev–Trinajstić information content (AvgIpc) is 2.75. The molecule has 0 radical (unpaired) electrons. The van der Waals surface area contributed by atoms with Gasteiger partial charge in [0.15, 0.2) is 11.6 Å². The van der Waals surface area contributed by atoms with E-state index in [2.05, 4.69) is 26.1 Å². The smallest absolute Gasteiger partial charge is 0.270 e. The topological polar surface area (TPSA) is 105 Å². The van der Waals surface area contributed by atoms with Crippen molar-refractivity contribution in [2.75, 3.05) is 16.5 Å². The third-order valence-corrected chi connectivity index (χ3v) is 4.32. The fraction of sp³-hybridized carbons (Fsp3) is 0. The first-order valence-electron chi connectivity index (χ1n) is 8.79. The first-order chi connectivity index (χ1) is 14.1. The second kappa shape index (κ2) is 7.81. The first-order valence-corrected chi connectivity index (χ1v) is 8.79. The average molecular weight is 388 g/mol. The zero-order chi connectivity index (χ0) is 20.2. The molecule has 8 heteroatoms. The van der Waals surface area contributed by atoms with E-state index < -0.39 is 0 Å². The molecule has 0 aliphatic heterocycles. The van der Waals surface area contributed by atoms with Crippen LogP contribution in [0.25, 0.3) is 10.8 Å². The predicted molar refractivity (Wildman–Crippen MR) is 111 cm³/mol. The molecular formula is C21H17FN6O. The van der Waals surface area contributed by atoms with Crippen LogP contribution in [0.3, 0.4) is 0 Å². The van der Waals surface area contributed by atoms with Crippen molar-refractivity contribution in [3.8, 4) is 0 Å². The van der Waals surface area contributed by atoms with Gasteiger partial charge >= 0.3 is 0 Å². The number of nitrogen functional groups attached to an aromatic ring is 1. The van der Waals surface area contributed by atoms with Crippen molar-refractivity contribution in [3.05, 3.63) is 84.4 Å². The van der Waals surface area contributed by atoms with Crippen molar-refractivity contribution < 1.29 is 9.18 Å². The molecule has 0 aliphatic rings. The van der Waals surface area contributed by atoms with Crippen LogP contribution in [0, 0.1) is 5.82 Å². The molecule has 0 bridgehead atoms. The van der Waals surface area contributed by atoms with E-state index in [0.29, 0.717) is 17.1 Å². The summed E-state index contributed by atoms with van der Waals surface area (Å²) in [5.41, 5.74) is 12.8. The van der Waals surface area contributed by atoms with Gasteiger partial charge in [0.2, 0.25) is 0 Å².